The third-order valence-electron chi connectivity index (χ3n) is 11.3. The van der Waals surface area contributed by atoms with Gasteiger partial charge in [-0.1, -0.05) is 50.5 Å². The smallest absolute Gasteiger partial charge is 0.244 e. The van der Waals surface area contributed by atoms with Crippen molar-refractivity contribution in [1.82, 2.24) is 10.2 Å². The lowest BCUT2D eigenvalue weighted by Gasteiger charge is -2.57. The highest BCUT2D eigenvalue weighted by Gasteiger charge is 2.51. The number of methoxy groups -OCH3 is 1. The van der Waals surface area contributed by atoms with Gasteiger partial charge < -0.3 is 15.0 Å². The molecule has 46 heavy (non-hydrogen) atoms. The summed E-state index contributed by atoms with van der Waals surface area (Å²) in [5.74, 6) is 2.56. The van der Waals surface area contributed by atoms with Gasteiger partial charge in [-0.25, -0.2) is 8.42 Å². The van der Waals surface area contributed by atoms with Crippen LogP contribution in [0.2, 0.25) is 0 Å². The summed E-state index contributed by atoms with van der Waals surface area (Å²) in [4.78, 5) is 29.4. The molecule has 2 amide bonds. The van der Waals surface area contributed by atoms with Gasteiger partial charge >= 0.3 is 0 Å². The highest BCUT2D eigenvalue weighted by atomic mass is 32.2. The summed E-state index contributed by atoms with van der Waals surface area (Å²) in [6.07, 6.45) is 14.6. The number of carbonyl (C=O) groups excluding carboxylic acids is 2. The van der Waals surface area contributed by atoms with E-state index in [0.29, 0.717) is 17.9 Å². The van der Waals surface area contributed by atoms with Gasteiger partial charge in [0.05, 0.1) is 19.1 Å². The molecular formula is C37H51N3O5S. The molecular weight excluding hydrogens is 598 g/mol. The van der Waals surface area contributed by atoms with Gasteiger partial charge in [0.2, 0.25) is 21.8 Å². The second kappa shape index (κ2) is 13.6. The number of hydrogen-bond donors (Lipinski definition) is 1. The van der Waals surface area contributed by atoms with Crippen LogP contribution >= 0.6 is 0 Å². The van der Waals surface area contributed by atoms with Crippen LogP contribution in [0, 0.1) is 17.8 Å². The molecule has 7 rings (SSSR count). The van der Waals surface area contributed by atoms with Gasteiger partial charge in [-0.15, -0.1) is 0 Å². The monoisotopic (exact) mass is 649 g/mol. The van der Waals surface area contributed by atoms with E-state index in [1.54, 1.807) is 12.0 Å². The predicted octanol–water partition coefficient (Wildman–Crippen LogP) is 6.19. The highest BCUT2D eigenvalue weighted by molar-refractivity contribution is 7.92. The molecule has 0 aromatic heterocycles. The number of sulfonamides is 1. The lowest BCUT2D eigenvalue weighted by molar-refractivity contribution is -0.140. The summed E-state index contributed by atoms with van der Waals surface area (Å²) in [6.45, 7) is 1.71. The van der Waals surface area contributed by atoms with E-state index in [-0.39, 0.29) is 30.5 Å². The molecule has 1 atom stereocenters. The van der Waals surface area contributed by atoms with Gasteiger partial charge in [0.1, 0.15) is 18.3 Å². The van der Waals surface area contributed by atoms with E-state index in [9.17, 15) is 18.0 Å². The number of benzene rings is 2. The lowest BCUT2D eigenvalue weighted by atomic mass is 9.48. The van der Waals surface area contributed by atoms with Crippen molar-refractivity contribution >= 4 is 27.5 Å². The average Bonchev–Trinajstić information content (AvgIpc) is 3.03. The number of anilines is 1. The standard InChI is InChI=1S/C37H51N3O5S/c1-4-34(36(42)38-31-8-6-5-7-9-31)39(24-26-10-16-33(45-2)17-11-26)35(41)25-40(46(3,43)44)32-14-12-30(13-15-32)37-21-27-18-28(22-37)20-29(19-27)23-37/h10-17,27-29,31,34H,4-9,18-25H2,1-3H3,(H,38,42)/t27?,28?,29?,34-,37?/m1/s1. The Hall–Kier alpha value is -3.07. The van der Waals surface area contributed by atoms with Crippen LogP contribution in [0.1, 0.15) is 95.1 Å². The quantitative estimate of drug-likeness (QED) is 0.296. The first-order chi connectivity index (χ1) is 22.1. The zero-order valence-electron chi connectivity index (χ0n) is 27.7. The molecule has 4 bridgehead atoms. The molecule has 2 aromatic rings. The summed E-state index contributed by atoms with van der Waals surface area (Å²) in [5.41, 5.74) is 2.83. The number of rotatable bonds is 12. The second-order valence-electron chi connectivity index (χ2n) is 14.7. The summed E-state index contributed by atoms with van der Waals surface area (Å²) in [5, 5.41) is 3.20. The minimum atomic E-state index is -3.79. The molecule has 5 aliphatic rings. The van der Waals surface area contributed by atoms with Crippen molar-refractivity contribution in [1.29, 1.82) is 0 Å². The van der Waals surface area contributed by atoms with Gasteiger partial charge in [0, 0.05) is 12.6 Å². The third kappa shape index (κ3) is 7.09. The Morgan fingerprint density at radius 3 is 2.02 bits per heavy atom. The first-order valence-corrected chi connectivity index (χ1v) is 19.2. The number of amides is 2. The first kappa shape index (κ1) is 32.9. The van der Waals surface area contributed by atoms with Gasteiger partial charge in [-0.2, -0.15) is 0 Å². The number of ether oxygens (including phenoxy) is 1. The van der Waals surface area contributed by atoms with Gasteiger partial charge in [-0.3, -0.25) is 13.9 Å². The van der Waals surface area contributed by atoms with E-state index in [4.69, 9.17) is 4.74 Å². The molecule has 0 radical (unpaired) electrons. The largest absolute Gasteiger partial charge is 0.497 e. The topological polar surface area (TPSA) is 96.0 Å². The minimum absolute atomic E-state index is 0.105. The predicted molar refractivity (Wildman–Crippen MR) is 181 cm³/mol. The molecule has 5 fully saturated rings. The van der Waals surface area contributed by atoms with E-state index >= 15 is 0 Å². The van der Waals surface area contributed by atoms with E-state index in [1.807, 2.05) is 43.3 Å². The van der Waals surface area contributed by atoms with Crippen LogP contribution in [0.4, 0.5) is 5.69 Å². The second-order valence-corrected chi connectivity index (χ2v) is 16.6. The van der Waals surface area contributed by atoms with Gasteiger partial charge in [0.25, 0.3) is 0 Å². The average molecular weight is 650 g/mol. The van der Waals surface area contributed by atoms with E-state index < -0.39 is 22.0 Å². The molecule has 5 saturated carbocycles. The van der Waals surface area contributed by atoms with E-state index in [2.05, 4.69) is 17.4 Å². The van der Waals surface area contributed by atoms with Crippen LogP contribution < -0.4 is 14.4 Å². The fraction of sp³-hybridized carbons (Fsp3) is 0.622. The Labute approximate surface area is 275 Å². The maximum absolute atomic E-state index is 14.2. The molecule has 1 N–H and O–H groups in total. The summed E-state index contributed by atoms with van der Waals surface area (Å²) in [7, 11) is -2.19. The Balaban J connectivity index is 1.24. The van der Waals surface area contributed by atoms with Crippen molar-refractivity contribution in [3.8, 4) is 5.75 Å². The number of nitrogens with zero attached hydrogens (tertiary/aromatic N) is 2. The van der Waals surface area contributed by atoms with E-state index in [0.717, 1.165) is 55.3 Å². The van der Waals surface area contributed by atoms with Crippen molar-refractivity contribution < 1.29 is 22.7 Å². The molecule has 0 heterocycles. The maximum atomic E-state index is 14.2. The summed E-state index contributed by atoms with van der Waals surface area (Å²) < 4.78 is 33.0. The number of hydrogen-bond acceptors (Lipinski definition) is 5. The fourth-order valence-electron chi connectivity index (χ4n) is 9.45. The Kier molecular flexibility index (Phi) is 9.70. The van der Waals surface area contributed by atoms with Crippen LogP contribution in [0.25, 0.3) is 0 Å². The molecule has 0 spiro atoms. The Morgan fingerprint density at radius 2 is 1.50 bits per heavy atom. The maximum Gasteiger partial charge on any atom is 0.244 e. The zero-order valence-corrected chi connectivity index (χ0v) is 28.6. The molecule has 5 aliphatic carbocycles. The van der Waals surface area contributed by atoms with Gasteiger partial charge in [0.15, 0.2) is 0 Å². The molecule has 250 valence electrons. The minimum Gasteiger partial charge on any atom is -0.497 e. The van der Waals surface area contributed by atoms with Crippen molar-refractivity contribution in [3.05, 3.63) is 59.7 Å². The van der Waals surface area contributed by atoms with Crippen LogP contribution in [0.3, 0.4) is 0 Å². The first-order valence-electron chi connectivity index (χ1n) is 17.4. The highest BCUT2D eigenvalue weighted by Crippen LogP contribution is 2.60. The van der Waals surface area contributed by atoms with Crippen molar-refractivity contribution in [2.45, 2.75) is 108 Å². The molecule has 8 nitrogen and oxygen atoms in total. The third-order valence-corrected chi connectivity index (χ3v) is 12.5. The number of nitrogens with one attached hydrogen (secondary N) is 1. The molecule has 2 aromatic carbocycles. The Morgan fingerprint density at radius 1 is 0.913 bits per heavy atom. The van der Waals surface area contributed by atoms with Crippen LogP contribution in [0.15, 0.2) is 48.5 Å². The van der Waals surface area contributed by atoms with Crippen LogP contribution in [-0.4, -0.2) is 57.1 Å². The molecule has 0 aliphatic heterocycles. The molecule has 0 saturated heterocycles. The van der Waals surface area contributed by atoms with Crippen molar-refractivity contribution in [2.24, 2.45) is 17.8 Å². The van der Waals surface area contributed by atoms with E-state index in [1.165, 1.54) is 54.8 Å². The molecule has 0 unspecified atom stereocenters. The SMILES string of the molecule is CC[C@H](C(=O)NC1CCCCC1)N(Cc1ccc(OC)cc1)C(=O)CN(c1ccc(C23CC4CC(CC(C4)C2)C3)cc1)S(C)(=O)=O. The van der Waals surface area contributed by atoms with Crippen molar-refractivity contribution in [3.63, 3.8) is 0 Å². The van der Waals surface area contributed by atoms with Crippen LogP contribution in [-0.2, 0) is 31.6 Å². The normalized spacial score (nSPS) is 26.4. The van der Waals surface area contributed by atoms with Gasteiger partial charge in [-0.05, 0) is 116 Å². The van der Waals surface area contributed by atoms with Crippen LogP contribution in [0.5, 0.6) is 5.75 Å². The zero-order chi connectivity index (χ0) is 32.5. The summed E-state index contributed by atoms with van der Waals surface area (Å²) in [6, 6.07) is 14.8. The Bertz CT molecular complexity index is 1450. The summed E-state index contributed by atoms with van der Waals surface area (Å²) >= 11 is 0. The van der Waals surface area contributed by atoms with Crippen molar-refractivity contribution in [2.75, 3.05) is 24.2 Å². The lowest BCUT2D eigenvalue weighted by Crippen LogP contribution is -2.54. The molecule has 9 heteroatoms. The fourth-order valence-corrected chi connectivity index (χ4v) is 10.3. The number of carbonyl (C=O) groups is 2.